The lowest BCUT2D eigenvalue weighted by atomic mass is 9.33. The van der Waals surface area contributed by atoms with Gasteiger partial charge in [-0.05, 0) is 104 Å². The SMILES string of the molecule is CC1(C)CC[C@]2(C(=O)O)CC[C@]3(C)C(=CC[C@H]4[C@@]5(C)CC[C@H](O[C@@H]6O[C@H](C(=O)O)[C@@H](O)[C@H](O)[C@H]6O)[C@](C)(CO)[C@@H]5CC[C@]43C)[C@H]2C1. The second-order valence-electron chi connectivity index (χ2n) is 17.7. The predicted molar refractivity (Wildman–Crippen MR) is 167 cm³/mol. The Morgan fingerprint density at radius 1 is 0.870 bits per heavy atom. The summed E-state index contributed by atoms with van der Waals surface area (Å²) in [5.41, 5.74) is -0.309. The third-order valence-electron chi connectivity index (χ3n) is 15.3. The van der Waals surface area contributed by atoms with Crippen LogP contribution in [0, 0.1) is 50.2 Å². The van der Waals surface area contributed by atoms with Gasteiger partial charge in [0.25, 0.3) is 0 Å². The number of aliphatic hydroxyl groups is 4. The summed E-state index contributed by atoms with van der Waals surface area (Å²) < 4.78 is 11.8. The zero-order valence-corrected chi connectivity index (χ0v) is 28.4. The van der Waals surface area contributed by atoms with E-state index in [1.54, 1.807) is 0 Å². The molecule has 6 rings (SSSR count). The smallest absolute Gasteiger partial charge is 0.335 e. The first-order chi connectivity index (χ1) is 21.3. The van der Waals surface area contributed by atoms with Crippen molar-refractivity contribution >= 4 is 11.9 Å². The van der Waals surface area contributed by atoms with Crippen molar-refractivity contribution in [3.8, 4) is 0 Å². The van der Waals surface area contributed by atoms with Crippen LogP contribution in [0.4, 0.5) is 0 Å². The fourth-order valence-corrected chi connectivity index (χ4v) is 12.2. The number of fused-ring (bicyclic) bond motifs is 7. The summed E-state index contributed by atoms with van der Waals surface area (Å²) in [6, 6.07) is 0. The van der Waals surface area contributed by atoms with Crippen molar-refractivity contribution in [3.63, 3.8) is 0 Å². The third kappa shape index (κ3) is 4.56. The number of carboxylic acid groups (broad SMARTS) is 2. The van der Waals surface area contributed by atoms with E-state index in [0.717, 1.165) is 51.4 Å². The molecule has 5 aliphatic carbocycles. The van der Waals surface area contributed by atoms with E-state index in [4.69, 9.17) is 9.47 Å². The highest BCUT2D eigenvalue weighted by Gasteiger charge is 2.70. The number of allylic oxidation sites excluding steroid dienone is 2. The lowest BCUT2D eigenvalue weighted by molar-refractivity contribution is -0.327. The number of hydrogen-bond acceptors (Lipinski definition) is 8. The number of rotatable bonds is 5. The Kier molecular flexibility index (Phi) is 8.18. The van der Waals surface area contributed by atoms with Gasteiger partial charge in [-0.3, -0.25) is 4.79 Å². The lowest BCUT2D eigenvalue weighted by Gasteiger charge is -2.71. The molecule has 0 spiro atoms. The van der Waals surface area contributed by atoms with E-state index in [1.165, 1.54) is 5.57 Å². The Morgan fingerprint density at radius 3 is 2.17 bits per heavy atom. The van der Waals surface area contributed by atoms with Gasteiger partial charge in [-0.25, -0.2) is 4.79 Å². The van der Waals surface area contributed by atoms with Crippen molar-refractivity contribution < 1.29 is 49.7 Å². The molecule has 46 heavy (non-hydrogen) atoms. The first-order valence-corrected chi connectivity index (χ1v) is 17.4. The molecule has 0 aromatic carbocycles. The maximum Gasteiger partial charge on any atom is 0.335 e. The standard InChI is InChI=1S/C36H56O10/c1-31(2)13-15-36(30(43)44)16-14-34(5)19(20(36)17-31)7-8-22-32(3)11-10-23(33(4,18-37)21(32)9-12-35(22,34)6)45-29-26(40)24(38)25(39)27(46-29)28(41)42/h7,20-27,29,37-40H,8-18H2,1-6H3,(H,41,42)(H,43,44)/t20-,21-,22+,23+,24+,25+,26-,27+,29-,32+,33-,34-,35-,36+/m1/s1. The largest absolute Gasteiger partial charge is 0.481 e. The van der Waals surface area contributed by atoms with Crippen LogP contribution in [-0.2, 0) is 19.1 Å². The summed E-state index contributed by atoms with van der Waals surface area (Å²) >= 11 is 0. The van der Waals surface area contributed by atoms with Gasteiger partial charge in [0.15, 0.2) is 12.4 Å². The Balaban J connectivity index is 1.31. The van der Waals surface area contributed by atoms with Gasteiger partial charge >= 0.3 is 11.9 Å². The maximum absolute atomic E-state index is 12.9. The number of aliphatic carboxylic acids is 2. The van der Waals surface area contributed by atoms with Gasteiger partial charge in [0, 0.05) is 5.41 Å². The van der Waals surface area contributed by atoms with Crippen LogP contribution in [0.3, 0.4) is 0 Å². The van der Waals surface area contributed by atoms with Crippen LogP contribution < -0.4 is 0 Å². The monoisotopic (exact) mass is 648 g/mol. The maximum atomic E-state index is 12.9. The average molecular weight is 649 g/mol. The Hall–Kier alpha value is -1.56. The van der Waals surface area contributed by atoms with Crippen molar-refractivity contribution in [1.29, 1.82) is 0 Å². The normalized spacial score (nSPS) is 53.1. The molecule has 10 nitrogen and oxygen atoms in total. The topological polar surface area (TPSA) is 174 Å². The van der Waals surface area contributed by atoms with Crippen LogP contribution >= 0.6 is 0 Å². The minimum atomic E-state index is -1.80. The van der Waals surface area contributed by atoms with Crippen molar-refractivity contribution in [3.05, 3.63) is 11.6 Å². The number of hydrogen-bond donors (Lipinski definition) is 6. The van der Waals surface area contributed by atoms with E-state index in [-0.39, 0.29) is 40.1 Å². The Labute approximate surface area is 272 Å². The minimum Gasteiger partial charge on any atom is -0.481 e. The number of ether oxygens (including phenoxy) is 2. The molecule has 0 amide bonds. The molecule has 0 unspecified atom stereocenters. The number of aliphatic hydroxyl groups excluding tert-OH is 4. The molecule has 0 aromatic rings. The highest BCUT2D eigenvalue weighted by molar-refractivity contribution is 5.76. The second kappa shape index (κ2) is 11.0. The molecular formula is C36H56O10. The molecule has 5 fully saturated rings. The lowest BCUT2D eigenvalue weighted by Crippen LogP contribution is -2.67. The van der Waals surface area contributed by atoms with Crippen LogP contribution in [-0.4, -0.2) is 86.0 Å². The summed E-state index contributed by atoms with van der Waals surface area (Å²) in [5.74, 6) is -1.70. The van der Waals surface area contributed by atoms with Gasteiger partial charge in [0.1, 0.15) is 18.3 Å². The van der Waals surface area contributed by atoms with Crippen molar-refractivity contribution in [2.24, 2.45) is 50.2 Å². The fourth-order valence-electron chi connectivity index (χ4n) is 12.2. The summed E-state index contributed by atoms with van der Waals surface area (Å²) in [7, 11) is 0. The molecule has 6 aliphatic rings. The molecular weight excluding hydrogens is 592 g/mol. The van der Waals surface area contributed by atoms with Crippen molar-refractivity contribution in [2.75, 3.05) is 6.61 Å². The molecule has 0 radical (unpaired) electrons. The van der Waals surface area contributed by atoms with Gasteiger partial charge < -0.3 is 40.1 Å². The van der Waals surface area contributed by atoms with Gasteiger partial charge in [0.05, 0.1) is 18.1 Å². The second-order valence-corrected chi connectivity index (χ2v) is 17.7. The van der Waals surface area contributed by atoms with E-state index in [2.05, 4.69) is 40.7 Å². The molecule has 0 aromatic heterocycles. The zero-order valence-electron chi connectivity index (χ0n) is 28.4. The number of carboxylic acids is 2. The molecule has 1 heterocycles. The third-order valence-corrected chi connectivity index (χ3v) is 15.3. The average Bonchev–Trinajstić information content (AvgIpc) is 2.98. The van der Waals surface area contributed by atoms with Gasteiger partial charge in [-0.2, -0.15) is 0 Å². The molecule has 1 saturated heterocycles. The van der Waals surface area contributed by atoms with E-state index in [0.29, 0.717) is 18.8 Å². The van der Waals surface area contributed by atoms with Gasteiger partial charge in [-0.15, -0.1) is 0 Å². The van der Waals surface area contributed by atoms with E-state index < -0.39 is 59.6 Å². The summed E-state index contributed by atoms with van der Waals surface area (Å²) in [4.78, 5) is 24.7. The first-order valence-electron chi connectivity index (χ1n) is 17.4. The fraction of sp³-hybridized carbons (Fsp3) is 0.889. The summed E-state index contributed by atoms with van der Waals surface area (Å²) in [5, 5.41) is 62.4. The van der Waals surface area contributed by atoms with Crippen LogP contribution in [0.2, 0.25) is 0 Å². The molecule has 14 atom stereocenters. The summed E-state index contributed by atoms with van der Waals surface area (Å²) in [6.45, 7) is 13.6. The molecule has 4 saturated carbocycles. The van der Waals surface area contributed by atoms with E-state index in [9.17, 15) is 40.2 Å². The Bertz CT molecular complexity index is 1280. The molecule has 0 bridgehead atoms. The molecule has 6 N–H and O–H groups in total. The van der Waals surface area contributed by atoms with Crippen molar-refractivity contribution in [1.82, 2.24) is 0 Å². The predicted octanol–water partition coefficient (Wildman–Crippen LogP) is 4.12. The quantitative estimate of drug-likeness (QED) is 0.188. The highest BCUT2D eigenvalue weighted by atomic mass is 16.7. The summed E-state index contributed by atoms with van der Waals surface area (Å²) in [6.07, 6.45) is 1.53. The van der Waals surface area contributed by atoms with Crippen LogP contribution in [0.25, 0.3) is 0 Å². The van der Waals surface area contributed by atoms with Crippen molar-refractivity contribution in [2.45, 2.75) is 143 Å². The van der Waals surface area contributed by atoms with Gasteiger partial charge in [-0.1, -0.05) is 53.2 Å². The molecule has 10 heteroatoms. The number of carbonyl (C=O) groups is 2. The van der Waals surface area contributed by atoms with Crippen LogP contribution in [0.15, 0.2) is 11.6 Å². The van der Waals surface area contributed by atoms with Crippen LogP contribution in [0.1, 0.15) is 106 Å². The minimum absolute atomic E-state index is 0.0352. The highest BCUT2D eigenvalue weighted by Crippen LogP contribution is 2.76. The zero-order chi connectivity index (χ0) is 33.8. The first kappa shape index (κ1) is 34.3. The van der Waals surface area contributed by atoms with Crippen LogP contribution in [0.5, 0.6) is 0 Å². The van der Waals surface area contributed by atoms with E-state index in [1.807, 2.05) is 6.92 Å². The van der Waals surface area contributed by atoms with E-state index >= 15 is 0 Å². The molecule has 260 valence electrons. The molecule has 1 aliphatic heterocycles. The Morgan fingerprint density at radius 2 is 1.54 bits per heavy atom. The van der Waals surface area contributed by atoms with Gasteiger partial charge in [0.2, 0.25) is 0 Å².